The number of rotatable bonds is 5. The third-order valence-corrected chi connectivity index (χ3v) is 5.22. The first-order valence-electron chi connectivity index (χ1n) is 9.69. The normalized spacial score (nSPS) is 15.9. The zero-order valence-electron chi connectivity index (χ0n) is 16.6. The van der Waals surface area contributed by atoms with Crippen LogP contribution in [0.5, 0.6) is 5.75 Å². The summed E-state index contributed by atoms with van der Waals surface area (Å²) >= 11 is 5.99. The third kappa shape index (κ3) is 4.65. The van der Waals surface area contributed by atoms with E-state index in [1.54, 1.807) is 29.2 Å². The molecule has 1 fully saturated rings. The number of nitrogens with one attached hydrogen (secondary N) is 1. The van der Waals surface area contributed by atoms with Crippen LogP contribution < -0.4 is 15.0 Å². The van der Waals surface area contributed by atoms with Crippen molar-refractivity contribution in [1.82, 2.24) is 4.90 Å². The molecule has 0 aromatic heterocycles. The van der Waals surface area contributed by atoms with Crippen molar-refractivity contribution in [3.63, 3.8) is 0 Å². The summed E-state index contributed by atoms with van der Waals surface area (Å²) in [5, 5.41) is 3.16. The highest BCUT2D eigenvalue weighted by atomic mass is 35.5. The van der Waals surface area contributed by atoms with E-state index >= 15 is 0 Å². The molecule has 164 valence electrons. The zero-order chi connectivity index (χ0) is 22.7. The van der Waals surface area contributed by atoms with Crippen molar-refractivity contribution in [2.75, 3.05) is 16.8 Å². The van der Waals surface area contributed by atoms with Crippen LogP contribution in [0.2, 0.25) is 5.02 Å². The number of hydrogen-bond acceptors (Lipinski definition) is 3. The van der Waals surface area contributed by atoms with Crippen LogP contribution >= 0.6 is 11.6 Å². The number of carbonyl (C=O) groups excluding carboxylic acids is 2. The lowest BCUT2D eigenvalue weighted by atomic mass is 10.1. The maximum absolute atomic E-state index is 13.2. The van der Waals surface area contributed by atoms with Gasteiger partial charge in [0.25, 0.3) is 0 Å². The number of ether oxygens (including phenoxy) is 1. The Morgan fingerprint density at radius 2 is 1.66 bits per heavy atom. The van der Waals surface area contributed by atoms with E-state index in [1.165, 1.54) is 24.3 Å². The molecule has 1 saturated heterocycles. The first-order valence-corrected chi connectivity index (χ1v) is 10.1. The predicted octanol–water partition coefficient (Wildman–Crippen LogP) is 6.16. The molecule has 1 atom stereocenters. The van der Waals surface area contributed by atoms with Gasteiger partial charge in [-0.1, -0.05) is 41.9 Å². The minimum absolute atomic E-state index is 0.0340. The minimum Gasteiger partial charge on any atom is -0.435 e. The summed E-state index contributed by atoms with van der Waals surface area (Å²) in [4.78, 5) is 28.8. The average Bonchev–Trinajstić information content (AvgIpc) is 3.13. The average molecular weight is 458 g/mol. The van der Waals surface area contributed by atoms with Crippen molar-refractivity contribution in [2.45, 2.75) is 12.7 Å². The number of benzene rings is 3. The Kier molecular flexibility index (Phi) is 6.23. The Balaban J connectivity index is 1.56. The van der Waals surface area contributed by atoms with Gasteiger partial charge in [-0.2, -0.15) is 8.78 Å². The van der Waals surface area contributed by atoms with Crippen LogP contribution in [-0.2, 0) is 0 Å². The Hall–Kier alpha value is -3.65. The number of carbonyl (C=O) groups is 2. The largest absolute Gasteiger partial charge is 0.435 e. The molecular weight excluding hydrogens is 440 g/mol. The maximum Gasteiger partial charge on any atom is 0.387 e. The first-order chi connectivity index (χ1) is 15.4. The molecule has 6 nitrogen and oxygen atoms in total. The van der Waals surface area contributed by atoms with Gasteiger partial charge in [0.05, 0.1) is 12.6 Å². The monoisotopic (exact) mass is 457 g/mol. The number of nitrogens with zero attached hydrogens (tertiary/aromatic N) is 2. The molecule has 9 heteroatoms. The molecule has 3 aromatic rings. The molecule has 0 aliphatic carbocycles. The van der Waals surface area contributed by atoms with Crippen LogP contribution in [0.4, 0.5) is 29.7 Å². The highest BCUT2D eigenvalue weighted by molar-refractivity contribution is 6.30. The fourth-order valence-corrected chi connectivity index (χ4v) is 3.62. The molecule has 1 aliphatic heterocycles. The van der Waals surface area contributed by atoms with Gasteiger partial charge in [-0.15, -0.1) is 0 Å². The topological polar surface area (TPSA) is 61.9 Å². The van der Waals surface area contributed by atoms with Gasteiger partial charge in [-0.05, 0) is 54.1 Å². The number of urea groups is 2. The Morgan fingerprint density at radius 3 is 2.28 bits per heavy atom. The standard InChI is InChI=1S/C23H18ClF2N3O3/c24-16-6-10-18(11-7-16)29-20(15-4-2-1-3-5-15)14-28(23(29)31)22(30)27-17-8-12-19(13-9-17)32-21(25)26/h1-13,20-21H,14H2,(H,27,30). The van der Waals surface area contributed by atoms with Gasteiger partial charge >= 0.3 is 18.7 Å². The first kappa shape index (κ1) is 21.6. The summed E-state index contributed by atoms with van der Waals surface area (Å²) in [7, 11) is 0. The zero-order valence-corrected chi connectivity index (χ0v) is 17.4. The lowest BCUT2D eigenvalue weighted by molar-refractivity contribution is -0.0498. The van der Waals surface area contributed by atoms with E-state index < -0.39 is 24.7 Å². The summed E-state index contributed by atoms with van der Waals surface area (Å²) in [6, 6.07) is 20.1. The van der Waals surface area contributed by atoms with Crippen molar-refractivity contribution in [3.8, 4) is 5.75 Å². The van der Waals surface area contributed by atoms with E-state index in [2.05, 4.69) is 10.1 Å². The second-order valence-electron chi connectivity index (χ2n) is 7.00. The highest BCUT2D eigenvalue weighted by Gasteiger charge is 2.42. The van der Waals surface area contributed by atoms with Gasteiger partial charge in [0, 0.05) is 16.4 Å². The molecule has 1 aliphatic rings. The summed E-state index contributed by atoms with van der Waals surface area (Å²) in [6.07, 6.45) is 0. The molecule has 0 spiro atoms. The number of hydrogen-bond donors (Lipinski definition) is 1. The molecule has 32 heavy (non-hydrogen) atoms. The quantitative estimate of drug-likeness (QED) is 0.499. The summed E-state index contributed by atoms with van der Waals surface area (Å²) in [5.74, 6) is -0.0340. The van der Waals surface area contributed by atoms with Crippen LogP contribution in [0.25, 0.3) is 0 Å². The second-order valence-corrected chi connectivity index (χ2v) is 7.44. The lowest BCUT2D eigenvalue weighted by Crippen LogP contribution is -2.39. The Bertz CT molecular complexity index is 1100. The Labute approximate surface area is 188 Å². The van der Waals surface area contributed by atoms with Crippen LogP contribution in [0.15, 0.2) is 78.9 Å². The van der Waals surface area contributed by atoms with E-state index in [4.69, 9.17) is 11.6 Å². The number of anilines is 2. The molecular formula is C23H18ClF2N3O3. The number of imide groups is 1. The predicted molar refractivity (Wildman–Crippen MR) is 117 cm³/mol. The second kappa shape index (κ2) is 9.23. The number of halogens is 3. The van der Waals surface area contributed by atoms with Gasteiger partial charge in [0.2, 0.25) is 0 Å². The van der Waals surface area contributed by atoms with Gasteiger partial charge in [0.1, 0.15) is 5.75 Å². The SMILES string of the molecule is O=C(Nc1ccc(OC(F)F)cc1)N1CC(c2ccccc2)N(c2ccc(Cl)cc2)C1=O. The van der Waals surface area contributed by atoms with Crippen molar-refractivity contribution in [2.24, 2.45) is 0 Å². The molecule has 0 bridgehead atoms. The fraction of sp³-hybridized carbons (Fsp3) is 0.130. The number of amides is 4. The van der Waals surface area contributed by atoms with Crippen LogP contribution in [0, 0.1) is 0 Å². The molecule has 1 heterocycles. The van der Waals surface area contributed by atoms with E-state index in [1.807, 2.05) is 30.3 Å². The number of alkyl halides is 2. The molecule has 1 unspecified atom stereocenters. The molecule has 4 amide bonds. The van der Waals surface area contributed by atoms with E-state index in [0.29, 0.717) is 16.4 Å². The summed E-state index contributed by atoms with van der Waals surface area (Å²) in [5.41, 5.74) is 1.82. The van der Waals surface area contributed by atoms with Gasteiger partial charge in [0.15, 0.2) is 0 Å². The minimum atomic E-state index is -2.94. The van der Waals surface area contributed by atoms with Crippen LogP contribution in [-0.4, -0.2) is 30.1 Å². The molecule has 1 N–H and O–H groups in total. The van der Waals surface area contributed by atoms with E-state index in [-0.39, 0.29) is 12.3 Å². The Morgan fingerprint density at radius 1 is 1.00 bits per heavy atom. The highest BCUT2D eigenvalue weighted by Crippen LogP contribution is 2.35. The summed E-state index contributed by atoms with van der Waals surface area (Å²) in [6.45, 7) is -2.81. The van der Waals surface area contributed by atoms with Crippen molar-refractivity contribution >= 4 is 35.0 Å². The lowest BCUT2D eigenvalue weighted by Gasteiger charge is -2.23. The van der Waals surface area contributed by atoms with Crippen LogP contribution in [0.3, 0.4) is 0 Å². The van der Waals surface area contributed by atoms with E-state index in [9.17, 15) is 18.4 Å². The van der Waals surface area contributed by atoms with Crippen molar-refractivity contribution in [1.29, 1.82) is 0 Å². The van der Waals surface area contributed by atoms with Crippen LogP contribution in [0.1, 0.15) is 11.6 Å². The maximum atomic E-state index is 13.2. The van der Waals surface area contributed by atoms with E-state index in [0.717, 1.165) is 10.5 Å². The van der Waals surface area contributed by atoms with Crippen molar-refractivity contribution in [3.05, 3.63) is 89.4 Å². The molecule has 0 radical (unpaired) electrons. The molecule has 0 saturated carbocycles. The van der Waals surface area contributed by atoms with Gasteiger partial charge < -0.3 is 10.1 Å². The molecule has 4 rings (SSSR count). The van der Waals surface area contributed by atoms with Gasteiger partial charge in [-0.25, -0.2) is 14.5 Å². The van der Waals surface area contributed by atoms with Gasteiger partial charge in [-0.3, -0.25) is 4.90 Å². The third-order valence-electron chi connectivity index (χ3n) is 4.97. The summed E-state index contributed by atoms with van der Waals surface area (Å²) < 4.78 is 28.9. The fourth-order valence-electron chi connectivity index (χ4n) is 3.50. The smallest absolute Gasteiger partial charge is 0.387 e. The van der Waals surface area contributed by atoms with Crippen molar-refractivity contribution < 1.29 is 23.1 Å². The molecule has 3 aromatic carbocycles.